The fourth-order valence-corrected chi connectivity index (χ4v) is 2.77. The molecule has 2 nitrogen and oxygen atoms in total. The Labute approximate surface area is 109 Å². The van der Waals surface area contributed by atoms with E-state index in [0.29, 0.717) is 0 Å². The van der Waals surface area contributed by atoms with Crippen molar-refractivity contribution in [3.8, 4) is 0 Å². The number of likely N-dealkylation sites (N-methyl/N-ethyl adjacent to an activating group) is 1. The van der Waals surface area contributed by atoms with Crippen LogP contribution in [0.25, 0.3) is 10.8 Å². The predicted octanol–water partition coefficient (Wildman–Crippen LogP) is 3.18. The predicted molar refractivity (Wildman–Crippen MR) is 78.6 cm³/mol. The van der Waals surface area contributed by atoms with Crippen LogP contribution >= 0.6 is 0 Å². The normalized spacial score (nSPS) is 14.1. The van der Waals surface area contributed by atoms with Crippen molar-refractivity contribution >= 4 is 10.8 Å². The molecule has 0 bridgehead atoms. The zero-order valence-electron chi connectivity index (χ0n) is 11.6. The summed E-state index contributed by atoms with van der Waals surface area (Å²) in [5.74, 6) is 0. The number of benzene rings is 2. The largest absolute Gasteiger partial charge is 0.324 e. The van der Waals surface area contributed by atoms with Crippen LogP contribution < -0.4 is 5.73 Å². The summed E-state index contributed by atoms with van der Waals surface area (Å²) >= 11 is 0. The second-order valence-corrected chi connectivity index (χ2v) is 5.79. The highest BCUT2D eigenvalue weighted by molar-refractivity contribution is 5.83. The van der Waals surface area contributed by atoms with Crippen molar-refractivity contribution in [3.63, 3.8) is 0 Å². The van der Waals surface area contributed by atoms with Gasteiger partial charge in [0.2, 0.25) is 0 Å². The molecule has 2 N–H and O–H groups in total. The molecule has 0 saturated carbocycles. The van der Waals surface area contributed by atoms with E-state index in [1.165, 1.54) is 16.3 Å². The van der Waals surface area contributed by atoms with Crippen molar-refractivity contribution < 1.29 is 0 Å². The van der Waals surface area contributed by atoms with Crippen molar-refractivity contribution in [2.45, 2.75) is 25.4 Å². The van der Waals surface area contributed by atoms with Crippen molar-refractivity contribution in [3.05, 3.63) is 48.0 Å². The van der Waals surface area contributed by atoms with Gasteiger partial charge in [-0.1, -0.05) is 36.4 Å². The lowest BCUT2D eigenvalue weighted by Gasteiger charge is -2.36. The number of nitrogens with two attached hydrogens (primary N) is 1. The Bertz CT molecular complexity index is 538. The Morgan fingerprint density at radius 2 is 1.61 bits per heavy atom. The fraction of sp³-hybridized carbons (Fsp3) is 0.375. The van der Waals surface area contributed by atoms with Gasteiger partial charge in [0.05, 0.1) is 6.04 Å². The lowest BCUT2D eigenvalue weighted by molar-refractivity contribution is 0.205. The summed E-state index contributed by atoms with van der Waals surface area (Å²) in [7, 11) is 4.16. The van der Waals surface area contributed by atoms with E-state index in [1.54, 1.807) is 0 Å². The van der Waals surface area contributed by atoms with Crippen LogP contribution in [0, 0.1) is 0 Å². The van der Waals surface area contributed by atoms with Gasteiger partial charge in [0.25, 0.3) is 0 Å². The summed E-state index contributed by atoms with van der Waals surface area (Å²) in [6, 6.07) is 15.2. The van der Waals surface area contributed by atoms with Crippen molar-refractivity contribution in [2.75, 3.05) is 14.1 Å². The molecule has 0 spiro atoms. The molecular weight excluding hydrogens is 220 g/mol. The molecule has 0 fully saturated rings. The highest BCUT2D eigenvalue weighted by Crippen LogP contribution is 2.30. The van der Waals surface area contributed by atoms with Crippen LogP contribution in [0.3, 0.4) is 0 Å². The molecule has 2 heteroatoms. The quantitative estimate of drug-likeness (QED) is 0.895. The molecule has 2 rings (SSSR count). The van der Waals surface area contributed by atoms with Gasteiger partial charge in [-0.3, -0.25) is 0 Å². The molecule has 0 aliphatic carbocycles. The van der Waals surface area contributed by atoms with Crippen molar-refractivity contribution in [1.82, 2.24) is 4.90 Å². The maximum Gasteiger partial charge on any atom is 0.0517 e. The molecule has 2 aromatic rings. The van der Waals surface area contributed by atoms with Crippen LogP contribution in [0.1, 0.15) is 25.5 Å². The van der Waals surface area contributed by atoms with Crippen LogP contribution in [0.4, 0.5) is 0 Å². The van der Waals surface area contributed by atoms with Crippen molar-refractivity contribution in [2.24, 2.45) is 5.73 Å². The Hall–Kier alpha value is -1.38. The van der Waals surface area contributed by atoms with E-state index in [1.807, 2.05) is 0 Å². The monoisotopic (exact) mass is 242 g/mol. The van der Waals surface area contributed by atoms with Crippen LogP contribution in [0.2, 0.25) is 0 Å². The molecule has 0 saturated heterocycles. The highest BCUT2D eigenvalue weighted by Gasteiger charge is 2.28. The van der Waals surface area contributed by atoms with Crippen molar-refractivity contribution in [1.29, 1.82) is 0 Å². The smallest absolute Gasteiger partial charge is 0.0517 e. The maximum absolute atomic E-state index is 6.32. The van der Waals surface area contributed by atoms with E-state index in [9.17, 15) is 0 Å². The van der Waals surface area contributed by atoms with E-state index in [-0.39, 0.29) is 11.6 Å². The van der Waals surface area contributed by atoms with Gasteiger partial charge < -0.3 is 10.6 Å². The van der Waals surface area contributed by atoms with Gasteiger partial charge in [-0.2, -0.15) is 0 Å². The molecule has 0 radical (unpaired) electrons. The first-order valence-corrected chi connectivity index (χ1v) is 6.33. The Balaban J connectivity index is 2.51. The molecule has 0 aliphatic rings. The number of hydrogen-bond acceptors (Lipinski definition) is 2. The van der Waals surface area contributed by atoms with Gasteiger partial charge in [-0.15, -0.1) is 0 Å². The molecule has 1 atom stereocenters. The first-order valence-electron chi connectivity index (χ1n) is 6.33. The third-order valence-corrected chi connectivity index (χ3v) is 3.31. The van der Waals surface area contributed by atoms with Gasteiger partial charge in [-0.05, 0) is 50.3 Å². The minimum Gasteiger partial charge on any atom is -0.324 e. The number of rotatable bonds is 3. The van der Waals surface area contributed by atoms with Crippen LogP contribution in [0.15, 0.2) is 42.5 Å². The van der Waals surface area contributed by atoms with E-state index in [0.717, 1.165) is 0 Å². The first kappa shape index (κ1) is 13.1. The maximum atomic E-state index is 6.32. The average Bonchev–Trinajstić information content (AvgIpc) is 2.26. The number of hydrogen-bond donors (Lipinski definition) is 1. The fourth-order valence-electron chi connectivity index (χ4n) is 2.77. The van der Waals surface area contributed by atoms with Crippen LogP contribution in [-0.4, -0.2) is 24.5 Å². The molecule has 0 aromatic heterocycles. The van der Waals surface area contributed by atoms with Crippen LogP contribution in [-0.2, 0) is 0 Å². The summed E-state index contributed by atoms with van der Waals surface area (Å²) in [5.41, 5.74) is 7.31. The van der Waals surface area contributed by atoms with Gasteiger partial charge in [0.15, 0.2) is 0 Å². The Kier molecular flexibility index (Phi) is 3.42. The van der Waals surface area contributed by atoms with E-state index < -0.39 is 0 Å². The van der Waals surface area contributed by atoms with E-state index in [4.69, 9.17) is 5.73 Å². The topological polar surface area (TPSA) is 29.3 Å². The minimum atomic E-state index is -0.272. The van der Waals surface area contributed by atoms with Gasteiger partial charge >= 0.3 is 0 Å². The van der Waals surface area contributed by atoms with Gasteiger partial charge in [0, 0.05) is 5.54 Å². The lowest BCUT2D eigenvalue weighted by Crippen LogP contribution is -2.45. The van der Waals surface area contributed by atoms with Gasteiger partial charge in [0.1, 0.15) is 0 Å². The lowest BCUT2D eigenvalue weighted by atomic mass is 9.88. The van der Waals surface area contributed by atoms with Gasteiger partial charge in [-0.25, -0.2) is 0 Å². The zero-order valence-corrected chi connectivity index (χ0v) is 11.6. The molecule has 96 valence electrons. The SMILES string of the molecule is CN(C)C(c1ccc2ccccc2c1)C(C)(C)N. The zero-order chi connectivity index (χ0) is 13.3. The molecule has 1 unspecified atom stereocenters. The molecule has 0 aliphatic heterocycles. The molecule has 0 amide bonds. The van der Waals surface area contributed by atoms with E-state index >= 15 is 0 Å². The molecule has 18 heavy (non-hydrogen) atoms. The summed E-state index contributed by atoms with van der Waals surface area (Å²) in [4.78, 5) is 2.18. The standard InChI is InChI=1S/C16H22N2/c1-16(2,17)15(18(3)4)14-10-9-12-7-5-6-8-13(12)11-14/h5-11,15H,17H2,1-4H3. The summed E-state index contributed by atoms with van der Waals surface area (Å²) in [6.45, 7) is 4.15. The summed E-state index contributed by atoms with van der Waals surface area (Å²) < 4.78 is 0. The third-order valence-electron chi connectivity index (χ3n) is 3.31. The van der Waals surface area contributed by atoms with E-state index in [2.05, 4.69) is 75.3 Å². The second-order valence-electron chi connectivity index (χ2n) is 5.79. The number of nitrogens with zero attached hydrogens (tertiary/aromatic N) is 1. The summed E-state index contributed by atoms with van der Waals surface area (Å²) in [6.07, 6.45) is 0. The Morgan fingerprint density at radius 1 is 1.00 bits per heavy atom. The molecule has 0 heterocycles. The summed E-state index contributed by atoms with van der Waals surface area (Å²) in [5, 5.41) is 2.54. The molecular formula is C16H22N2. The average molecular weight is 242 g/mol. The van der Waals surface area contributed by atoms with Crippen LogP contribution in [0.5, 0.6) is 0 Å². The highest BCUT2D eigenvalue weighted by atomic mass is 15.1. The Morgan fingerprint density at radius 3 is 2.17 bits per heavy atom. The number of fused-ring (bicyclic) bond motifs is 1. The third kappa shape index (κ3) is 2.55. The minimum absolute atomic E-state index is 0.210. The first-order chi connectivity index (χ1) is 8.39. The second kappa shape index (κ2) is 4.71. The molecule has 2 aromatic carbocycles.